The molecule has 1 fully saturated rings. The third-order valence-electron chi connectivity index (χ3n) is 4.34. The van der Waals surface area contributed by atoms with Crippen molar-refractivity contribution >= 4 is 11.3 Å². The van der Waals surface area contributed by atoms with Crippen molar-refractivity contribution in [2.75, 3.05) is 13.1 Å². The molecule has 1 aromatic heterocycles. The summed E-state index contributed by atoms with van der Waals surface area (Å²) in [6, 6.07) is 4.43. The number of nitrogens with zero attached hydrogens (tertiary/aromatic N) is 1. The van der Waals surface area contributed by atoms with Gasteiger partial charge < -0.3 is 5.73 Å². The van der Waals surface area contributed by atoms with Crippen molar-refractivity contribution in [1.82, 2.24) is 4.90 Å². The summed E-state index contributed by atoms with van der Waals surface area (Å²) in [5.41, 5.74) is 6.15. The lowest BCUT2D eigenvalue weighted by Crippen LogP contribution is -2.25. The van der Waals surface area contributed by atoms with Crippen LogP contribution in [0.4, 0.5) is 0 Å². The van der Waals surface area contributed by atoms with E-state index in [1.165, 1.54) is 42.1 Å². The Bertz CT molecular complexity index is 392. The summed E-state index contributed by atoms with van der Waals surface area (Å²) in [7, 11) is 0. The molecule has 1 saturated heterocycles. The van der Waals surface area contributed by atoms with Crippen LogP contribution in [0.5, 0.6) is 0 Å². The highest BCUT2D eigenvalue weighted by atomic mass is 32.1. The van der Waals surface area contributed by atoms with E-state index in [4.69, 9.17) is 5.73 Å². The standard InChI is InChI=1S/C16H28N2S/c1-16(2,3)13-5-4-9-18(10-8-13)12-15-7-6-14(11-17)19-15/h6-7,13H,4-5,8-12,17H2,1-3H3. The fraction of sp³-hybridized carbons (Fsp3) is 0.750. The zero-order valence-electron chi connectivity index (χ0n) is 12.6. The highest BCUT2D eigenvalue weighted by Gasteiger charge is 2.27. The number of rotatable bonds is 3. The van der Waals surface area contributed by atoms with Crippen molar-refractivity contribution < 1.29 is 0 Å². The Morgan fingerprint density at radius 1 is 1.21 bits per heavy atom. The van der Waals surface area contributed by atoms with Gasteiger partial charge >= 0.3 is 0 Å². The Morgan fingerprint density at radius 2 is 1.95 bits per heavy atom. The van der Waals surface area contributed by atoms with Crippen LogP contribution < -0.4 is 5.73 Å². The van der Waals surface area contributed by atoms with Gasteiger partial charge in [-0.3, -0.25) is 4.90 Å². The predicted molar refractivity (Wildman–Crippen MR) is 84.3 cm³/mol. The molecule has 1 unspecified atom stereocenters. The molecule has 2 nitrogen and oxygen atoms in total. The third-order valence-corrected chi connectivity index (χ3v) is 5.44. The van der Waals surface area contributed by atoms with Gasteiger partial charge in [0.2, 0.25) is 0 Å². The molecule has 2 rings (SSSR count). The lowest BCUT2D eigenvalue weighted by molar-refractivity contribution is 0.207. The fourth-order valence-electron chi connectivity index (χ4n) is 3.02. The van der Waals surface area contributed by atoms with Gasteiger partial charge in [0.1, 0.15) is 0 Å². The molecule has 0 radical (unpaired) electrons. The lowest BCUT2D eigenvalue weighted by Gasteiger charge is -2.29. The first-order valence-corrected chi connectivity index (χ1v) is 8.30. The van der Waals surface area contributed by atoms with Gasteiger partial charge in [0, 0.05) is 22.8 Å². The zero-order valence-corrected chi connectivity index (χ0v) is 13.4. The molecule has 0 aromatic carbocycles. The maximum absolute atomic E-state index is 5.68. The molecule has 108 valence electrons. The average Bonchev–Trinajstić information content (AvgIpc) is 2.65. The van der Waals surface area contributed by atoms with Crippen LogP contribution in [0.25, 0.3) is 0 Å². The number of thiophene rings is 1. The van der Waals surface area contributed by atoms with Crippen molar-refractivity contribution in [3.8, 4) is 0 Å². The van der Waals surface area contributed by atoms with E-state index in [1.54, 1.807) is 0 Å². The molecule has 3 heteroatoms. The molecular formula is C16H28N2S. The van der Waals surface area contributed by atoms with Crippen LogP contribution in [0.15, 0.2) is 12.1 Å². The first kappa shape index (κ1) is 15.0. The molecule has 1 aliphatic heterocycles. The van der Waals surface area contributed by atoms with Crippen molar-refractivity contribution in [3.63, 3.8) is 0 Å². The maximum atomic E-state index is 5.68. The van der Waals surface area contributed by atoms with Crippen molar-refractivity contribution in [1.29, 1.82) is 0 Å². The smallest absolute Gasteiger partial charge is 0.0328 e. The Morgan fingerprint density at radius 3 is 2.58 bits per heavy atom. The molecule has 0 aliphatic carbocycles. The molecule has 1 aromatic rings. The van der Waals surface area contributed by atoms with E-state index >= 15 is 0 Å². The Hall–Kier alpha value is -0.380. The third kappa shape index (κ3) is 4.30. The normalized spacial score (nSPS) is 22.4. The van der Waals surface area contributed by atoms with Gasteiger partial charge in [0.25, 0.3) is 0 Å². The van der Waals surface area contributed by atoms with Crippen molar-refractivity contribution in [2.45, 2.75) is 53.1 Å². The molecule has 1 atom stereocenters. The van der Waals surface area contributed by atoms with Gasteiger partial charge in [-0.2, -0.15) is 0 Å². The quantitative estimate of drug-likeness (QED) is 0.911. The van der Waals surface area contributed by atoms with Crippen LogP contribution in [-0.4, -0.2) is 18.0 Å². The maximum Gasteiger partial charge on any atom is 0.0328 e. The monoisotopic (exact) mass is 280 g/mol. The summed E-state index contributed by atoms with van der Waals surface area (Å²) < 4.78 is 0. The second-order valence-electron chi connectivity index (χ2n) is 6.84. The fourth-order valence-corrected chi connectivity index (χ4v) is 3.96. The molecule has 2 heterocycles. The molecule has 0 amide bonds. The topological polar surface area (TPSA) is 29.3 Å². The minimum absolute atomic E-state index is 0.464. The van der Waals surface area contributed by atoms with Crippen LogP contribution >= 0.6 is 11.3 Å². The summed E-state index contributed by atoms with van der Waals surface area (Å²) in [6.45, 7) is 11.5. The number of likely N-dealkylation sites (tertiary alicyclic amines) is 1. The Kier molecular flexibility index (Phi) is 5.04. The SMILES string of the molecule is CC(C)(C)C1CCCN(Cc2ccc(CN)s2)CC1. The summed E-state index contributed by atoms with van der Waals surface area (Å²) in [4.78, 5) is 5.39. The van der Waals surface area contributed by atoms with Crippen LogP contribution in [0, 0.1) is 11.3 Å². The Balaban J connectivity index is 1.89. The van der Waals surface area contributed by atoms with Crippen LogP contribution in [0.3, 0.4) is 0 Å². The van der Waals surface area contributed by atoms with Crippen molar-refractivity contribution in [3.05, 3.63) is 21.9 Å². The minimum Gasteiger partial charge on any atom is -0.326 e. The highest BCUT2D eigenvalue weighted by Crippen LogP contribution is 2.34. The number of hydrogen-bond acceptors (Lipinski definition) is 3. The molecule has 0 saturated carbocycles. The van der Waals surface area contributed by atoms with Crippen LogP contribution in [-0.2, 0) is 13.1 Å². The second-order valence-corrected chi connectivity index (χ2v) is 8.10. The summed E-state index contributed by atoms with van der Waals surface area (Å²) in [5.74, 6) is 0.875. The van der Waals surface area contributed by atoms with Gasteiger partial charge in [-0.1, -0.05) is 20.8 Å². The van der Waals surface area contributed by atoms with E-state index in [2.05, 4.69) is 37.8 Å². The minimum atomic E-state index is 0.464. The van der Waals surface area contributed by atoms with Gasteiger partial charge in [-0.25, -0.2) is 0 Å². The first-order valence-electron chi connectivity index (χ1n) is 7.49. The molecule has 0 bridgehead atoms. The molecule has 1 aliphatic rings. The van der Waals surface area contributed by atoms with E-state index in [0.717, 1.165) is 12.5 Å². The van der Waals surface area contributed by atoms with Gasteiger partial charge in [-0.15, -0.1) is 11.3 Å². The predicted octanol–water partition coefficient (Wildman–Crippen LogP) is 3.86. The second kappa shape index (κ2) is 6.38. The molecule has 2 N–H and O–H groups in total. The van der Waals surface area contributed by atoms with Gasteiger partial charge in [0.15, 0.2) is 0 Å². The average molecular weight is 280 g/mol. The Labute approximate surface area is 122 Å². The number of nitrogens with two attached hydrogens (primary N) is 1. The molecule has 0 spiro atoms. The van der Waals surface area contributed by atoms with E-state index in [-0.39, 0.29) is 0 Å². The zero-order chi connectivity index (χ0) is 13.9. The molecular weight excluding hydrogens is 252 g/mol. The van der Waals surface area contributed by atoms with Crippen LogP contribution in [0.2, 0.25) is 0 Å². The van der Waals surface area contributed by atoms with Crippen molar-refractivity contribution in [2.24, 2.45) is 17.1 Å². The van der Waals surface area contributed by atoms with Gasteiger partial charge in [-0.05, 0) is 55.8 Å². The highest BCUT2D eigenvalue weighted by molar-refractivity contribution is 7.11. The summed E-state index contributed by atoms with van der Waals surface area (Å²) in [6.07, 6.45) is 4.08. The van der Waals surface area contributed by atoms with Gasteiger partial charge in [0.05, 0.1) is 0 Å². The first-order chi connectivity index (χ1) is 8.99. The lowest BCUT2D eigenvalue weighted by atomic mass is 9.77. The van der Waals surface area contributed by atoms with Crippen LogP contribution in [0.1, 0.15) is 49.8 Å². The summed E-state index contributed by atoms with van der Waals surface area (Å²) >= 11 is 1.87. The van der Waals surface area contributed by atoms with E-state index in [1.807, 2.05) is 11.3 Å². The largest absolute Gasteiger partial charge is 0.326 e. The number of hydrogen-bond donors (Lipinski definition) is 1. The van der Waals surface area contributed by atoms with E-state index in [0.29, 0.717) is 12.0 Å². The summed E-state index contributed by atoms with van der Waals surface area (Å²) in [5, 5.41) is 0. The molecule has 19 heavy (non-hydrogen) atoms. The van der Waals surface area contributed by atoms with E-state index < -0.39 is 0 Å². The van der Waals surface area contributed by atoms with E-state index in [9.17, 15) is 0 Å².